The van der Waals surface area contributed by atoms with Crippen molar-refractivity contribution in [3.63, 3.8) is 0 Å². The summed E-state index contributed by atoms with van der Waals surface area (Å²) in [5.74, 6) is 0.671. The van der Waals surface area contributed by atoms with Crippen LogP contribution in [0.25, 0.3) is 0 Å². The second kappa shape index (κ2) is 12.5. The zero-order chi connectivity index (χ0) is 18.2. The van der Waals surface area contributed by atoms with Crippen molar-refractivity contribution in [2.75, 3.05) is 45.2 Å². The monoisotopic (exact) mass is 427 g/mol. The summed E-state index contributed by atoms with van der Waals surface area (Å²) in [6.45, 7) is 5.47. The van der Waals surface area contributed by atoms with E-state index in [2.05, 4.69) is 10.2 Å². The average molecular weight is 428 g/mol. The number of ether oxygens (including phenoxy) is 2. The van der Waals surface area contributed by atoms with Crippen LogP contribution in [-0.4, -0.2) is 50.3 Å². The van der Waals surface area contributed by atoms with Crippen LogP contribution in [0.2, 0.25) is 0 Å². The first-order chi connectivity index (χ1) is 12.7. The average Bonchev–Trinajstić information content (AvgIpc) is 2.67. The number of carbonyl (C=O) groups is 1. The van der Waals surface area contributed by atoms with Gasteiger partial charge in [-0.15, -0.1) is 24.8 Å². The molecule has 3 rings (SSSR count). The molecule has 1 saturated heterocycles. The Bertz CT molecular complexity index is 740. The summed E-state index contributed by atoms with van der Waals surface area (Å²) in [6.07, 6.45) is 0. The molecule has 0 unspecified atom stereocenters. The van der Waals surface area contributed by atoms with Crippen LogP contribution in [0.5, 0.6) is 5.75 Å². The van der Waals surface area contributed by atoms with E-state index in [1.807, 2.05) is 24.3 Å². The second-order valence-electron chi connectivity index (χ2n) is 6.26. The van der Waals surface area contributed by atoms with Crippen molar-refractivity contribution in [1.29, 1.82) is 0 Å². The molecule has 0 saturated carbocycles. The highest BCUT2D eigenvalue weighted by molar-refractivity contribution is 5.94. The van der Waals surface area contributed by atoms with E-state index >= 15 is 0 Å². The van der Waals surface area contributed by atoms with Gasteiger partial charge >= 0.3 is 0 Å². The molecule has 8 heteroatoms. The Labute approximate surface area is 178 Å². The topological polar surface area (TPSA) is 76.8 Å². The van der Waals surface area contributed by atoms with Crippen molar-refractivity contribution in [2.24, 2.45) is 0 Å². The predicted octanol–water partition coefficient (Wildman–Crippen LogP) is 2.75. The van der Waals surface area contributed by atoms with Gasteiger partial charge in [0.25, 0.3) is 5.91 Å². The van der Waals surface area contributed by atoms with Gasteiger partial charge in [-0.3, -0.25) is 9.69 Å². The lowest BCUT2D eigenvalue weighted by Crippen LogP contribution is -2.38. The maximum Gasteiger partial charge on any atom is 0.251 e. The number of morpholine rings is 1. The fraction of sp³-hybridized carbons (Fsp3) is 0.350. The first kappa shape index (κ1) is 24.0. The molecule has 6 nitrogen and oxygen atoms in total. The molecule has 1 aliphatic rings. The van der Waals surface area contributed by atoms with E-state index in [1.54, 1.807) is 24.3 Å². The summed E-state index contributed by atoms with van der Waals surface area (Å²) < 4.78 is 11.2. The largest absolute Gasteiger partial charge is 0.492 e. The standard InChI is InChI=1S/C20H25N3O3.2ClH/c21-18-5-2-4-17(14-18)20(24)22-15-16-3-1-6-19(13-16)26-12-9-23-7-10-25-11-8-23;;/h1-6,13-14H,7-12,15,21H2,(H,22,24);2*1H. The summed E-state index contributed by atoms with van der Waals surface area (Å²) in [4.78, 5) is 14.5. The zero-order valence-corrected chi connectivity index (χ0v) is 17.3. The van der Waals surface area contributed by atoms with Gasteiger partial charge in [-0.1, -0.05) is 18.2 Å². The molecule has 0 spiro atoms. The highest BCUT2D eigenvalue weighted by atomic mass is 35.5. The Morgan fingerprint density at radius 3 is 2.61 bits per heavy atom. The van der Waals surface area contributed by atoms with Crippen LogP contribution in [0, 0.1) is 0 Å². The summed E-state index contributed by atoms with van der Waals surface area (Å²) in [6, 6.07) is 14.7. The quantitative estimate of drug-likeness (QED) is 0.664. The number of hydrogen-bond donors (Lipinski definition) is 2. The number of halogens is 2. The Balaban J connectivity index is 0.00000196. The van der Waals surface area contributed by atoms with Crippen LogP contribution >= 0.6 is 24.8 Å². The van der Waals surface area contributed by atoms with E-state index in [9.17, 15) is 4.79 Å². The number of benzene rings is 2. The second-order valence-corrected chi connectivity index (χ2v) is 6.26. The number of anilines is 1. The van der Waals surface area contributed by atoms with E-state index in [0.29, 0.717) is 24.4 Å². The molecular formula is C20H27Cl2N3O3. The van der Waals surface area contributed by atoms with Crippen LogP contribution < -0.4 is 15.8 Å². The highest BCUT2D eigenvalue weighted by Gasteiger charge is 2.10. The van der Waals surface area contributed by atoms with Gasteiger partial charge in [-0.2, -0.15) is 0 Å². The van der Waals surface area contributed by atoms with E-state index in [0.717, 1.165) is 44.2 Å². The first-order valence-corrected chi connectivity index (χ1v) is 8.86. The van der Waals surface area contributed by atoms with Gasteiger partial charge in [-0.25, -0.2) is 0 Å². The Kier molecular flexibility index (Phi) is 10.7. The van der Waals surface area contributed by atoms with Crippen LogP contribution in [0.1, 0.15) is 15.9 Å². The molecule has 0 radical (unpaired) electrons. The summed E-state index contributed by atoms with van der Waals surface area (Å²) in [7, 11) is 0. The number of nitrogens with one attached hydrogen (secondary N) is 1. The molecule has 1 aliphatic heterocycles. The third-order valence-corrected chi connectivity index (χ3v) is 4.28. The molecule has 1 fully saturated rings. The molecule has 0 atom stereocenters. The molecule has 0 aliphatic carbocycles. The number of nitrogens with zero attached hydrogens (tertiary/aromatic N) is 1. The molecule has 28 heavy (non-hydrogen) atoms. The van der Waals surface area contributed by atoms with Gasteiger partial charge in [0.05, 0.1) is 13.2 Å². The Morgan fingerprint density at radius 1 is 1.11 bits per heavy atom. The molecule has 0 bridgehead atoms. The van der Waals surface area contributed by atoms with E-state index in [-0.39, 0.29) is 30.7 Å². The maximum absolute atomic E-state index is 12.2. The van der Waals surface area contributed by atoms with Gasteiger partial charge in [0.2, 0.25) is 0 Å². The van der Waals surface area contributed by atoms with Crippen molar-refractivity contribution in [3.05, 3.63) is 59.7 Å². The number of rotatable bonds is 7. The van der Waals surface area contributed by atoms with Crippen molar-refractivity contribution < 1.29 is 14.3 Å². The van der Waals surface area contributed by atoms with Gasteiger partial charge in [-0.05, 0) is 35.9 Å². The molecule has 2 aromatic rings. The number of nitrogen functional groups attached to an aromatic ring is 1. The molecule has 154 valence electrons. The van der Waals surface area contributed by atoms with E-state index < -0.39 is 0 Å². The lowest BCUT2D eigenvalue weighted by Gasteiger charge is -2.26. The van der Waals surface area contributed by atoms with Crippen molar-refractivity contribution >= 4 is 36.4 Å². The fourth-order valence-electron chi connectivity index (χ4n) is 2.83. The smallest absolute Gasteiger partial charge is 0.251 e. The minimum atomic E-state index is -0.143. The number of nitrogens with two attached hydrogens (primary N) is 1. The van der Waals surface area contributed by atoms with E-state index in [1.165, 1.54) is 0 Å². The van der Waals surface area contributed by atoms with E-state index in [4.69, 9.17) is 15.2 Å². The predicted molar refractivity (Wildman–Crippen MR) is 116 cm³/mol. The molecule has 3 N–H and O–H groups in total. The summed E-state index contributed by atoms with van der Waals surface area (Å²) >= 11 is 0. The highest BCUT2D eigenvalue weighted by Crippen LogP contribution is 2.14. The number of amides is 1. The fourth-order valence-corrected chi connectivity index (χ4v) is 2.83. The lowest BCUT2D eigenvalue weighted by atomic mass is 10.1. The van der Waals surface area contributed by atoms with Crippen LogP contribution in [-0.2, 0) is 11.3 Å². The minimum absolute atomic E-state index is 0. The molecular weight excluding hydrogens is 401 g/mol. The van der Waals surface area contributed by atoms with Crippen molar-refractivity contribution in [2.45, 2.75) is 6.54 Å². The molecule has 0 aromatic heterocycles. The molecule has 1 amide bonds. The van der Waals surface area contributed by atoms with Crippen LogP contribution in [0.3, 0.4) is 0 Å². The summed E-state index contributed by atoms with van der Waals surface area (Å²) in [5.41, 5.74) is 7.84. The molecule has 1 heterocycles. The lowest BCUT2D eigenvalue weighted by molar-refractivity contribution is 0.0322. The van der Waals surface area contributed by atoms with Gasteiger partial charge < -0.3 is 20.5 Å². The Morgan fingerprint density at radius 2 is 1.86 bits per heavy atom. The third kappa shape index (κ3) is 7.56. The number of carbonyl (C=O) groups excluding carboxylic acids is 1. The minimum Gasteiger partial charge on any atom is -0.492 e. The maximum atomic E-state index is 12.2. The van der Waals surface area contributed by atoms with Gasteiger partial charge in [0, 0.05) is 37.4 Å². The normalized spacial score (nSPS) is 13.7. The number of hydrogen-bond acceptors (Lipinski definition) is 5. The Hall–Kier alpha value is -1.99. The first-order valence-electron chi connectivity index (χ1n) is 8.86. The third-order valence-electron chi connectivity index (χ3n) is 4.28. The van der Waals surface area contributed by atoms with Crippen molar-refractivity contribution in [1.82, 2.24) is 10.2 Å². The van der Waals surface area contributed by atoms with Crippen molar-refractivity contribution in [3.8, 4) is 5.75 Å². The van der Waals surface area contributed by atoms with Gasteiger partial charge in [0.15, 0.2) is 0 Å². The van der Waals surface area contributed by atoms with Gasteiger partial charge in [0.1, 0.15) is 12.4 Å². The van der Waals surface area contributed by atoms with Crippen LogP contribution in [0.15, 0.2) is 48.5 Å². The van der Waals surface area contributed by atoms with Crippen LogP contribution in [0.4, 0.5) is 5.69 Å². The zero-order valence-electron chi connectivity index (χ0n) is 15.6. The molecule has 2 aromatic carbocycles. The summed E-state index contributed by atoms with van der Waals surface area (Å²) in [5, 5.41) is 2.91. The SMILES string of the molecule is Cl.Cl.Nc1cccc(C(=O)NCc2cccc(OCCN3CCOCC3)c2)c1.